The number of halogens is 1. The number of anilines is 1. The van der Waals surface area contributed by atoms with E-state index in [9.17, 15) is 4.79 Å². The van der Waals surface area contributed by atoms with Crippen molar-refractivity contribution in [3.05, 3.63) is 50.4 Å². The zero-order valence-electron chi connectivity index (χ0n) is 16.9. The second-order valence-corrected chi connectivity index (χ2v) is 9.16. The molecule has 0 N–H and O–H groups in total. The third-order valence-electron chi connectivity index (χ3n) is 4.20. The number of carbonyl (C=O) groups excluding carboxylic acids is 1. The van der Waals surface area contributed by atoms with Crippen LogP contribution in [0.4, 0.5) is 5.69 Å². The van der Waals surface area contributed by atoms with Gasteiger partial charge >= 0.3 is 0 Å². The van der Waals surface area contributed by atoms with Crippen molar-refractivity contribution in [3.8, 4) is 17.2 Å². The quantitative estimate of drug-likeness (QED) is 0.230. The normalized spacial score (nSPS) is 15.1. The monoisotopic (exact) mass is 555 g/mol. The molecule has 0 aromatic heterocycles. The Bertz CT molecular complexity index is 976. The number of hydrogen-bond donors (Lipinski definition) is 0. The average molecular weight is 555 g/mol. The van der Waals surface area contributed by atoms with Gasteiger partial charge in [-0.25, -0.2) is 0 Å². The molecule has 2 aromatic carbocycles. The zero-order valence-corrected chi connectivity index (χ0v) is 20.7. The lowest BCUT2D eigenvalue weighted by Crippen LogP contribution is -2.27. The van der Waals surface area contributed by atoms with Crippen molar-refractivity contribution in [2.45, 2.75) is 20.3 Å². The number of thiocarbonyl (C=S) groups is 1. The molecule has 0 radical (unpaired) electrons. The second kappa shape index (κ2) is 10.5. The molecule has 1 heterocycles. The number of hydrogen-bond acceptors (Lipinski definition) is 6. The molecule has 1 amide bonds. The van der Waals surface area contributed by atoms with Gasteiger partial charge in [0.15, 0.2) is 15.8 Å². The first-order chi connectivity index (χ1) is 14.5. The number of thioether (sulfide) groups is 1. The SMILES string of the molecule is CCCOc1c(I)cc(C=C2SC(=S)N(c3ccc(OCC)cc3)C2=O)cc1OC. The first-order valence-corrected chi connectivity index (χ1v) is 11.8. The molecule has 0 unspecified atom stereocenters. The first-order valence-electron chi connectivity index (χ1n) is 9.49. The van der Waals surface area contributed by atoms with Gasteiger partial charge in [0, 0.05) is 0 Å². The predicted octanol–water partition coefficient (Wildman–Crippen LogP) is 5.89. The topological polar surface area (TPSA) is 48.0 Å². The van der Waals surface area contributed by atoms with Gasteiger partial charge in [-0.3, -0.25) is 9.69 Å². The summed E-state index contributed by atoms with van der Waals surface area (Å²) < 4.78 is 18.2. The molecular weight excluding hydrogens is 533 g/mol. The molecule has 2 aromatic rings. The van der Waals surface area contributed by atoms with Crippen LogP contribution in [0.3, 0.4) is 0 Å². The molecule has 158 valence electrons. The Morgan fingerprint density at radius 1 is 1.17 bits per heavy atom. The minimum absolute atomic E-state index is 0.144. The van der Waals surface area contributed by atoms with E-state index in [0.717, 1.165) is 32.7 Å². The maximum absolute atomic E-state index is 13.0. The van der Waals surface area contributed by atoms with Crippen molar-refractivity contribution in [2.75, 3.05) is 25.2 Å². The summed E-state index contributed by atoms with van der Waals surface area (Å²) in [5.41, 5.74) is 1.58. The van der Waals surface area contributed by atoms with Crippen LogP contribution in [0.25, 0.3) is 6.08 Å². The maximum atomic E-state index is 13.0. The van der Waals surface area contributed by atoms with Crippen LogP contribution >= 0.6 is 46.6 Å². The van der Waals surface area contributed by atoms with E-state index in [1.54, 1.807) is 12.0 Å². The Hall–Kier alpha value is -1.78. The van der Waals surface area contributed by atoms with Gasteiger partial charge in [0.2, 0.25) is 0 Å². The standard InChI is InChI=1S/C22H22INO4S2/c1-4-10-28-20-17(23)11-14(12-18(20)26-3)13-19-21(25)24(22(29)30-19)15-6-8-16(9-7-15)27-5-2/h6-9,11-13H,4-5,10H2,1-3H3. The number of nitrogens with zero attached hydrogens (tertiary/aromatic N) is 1. The maximum Gasteiger partial charge on any atom is 0.270 e. The highest BCUT2D eigenvalue weighted by molar-refractivity contribution is 14.1. The summed E-state index contributed by atoms with van der Waals surface area (Å²) in [6, 6.07) is 11.2. The van der Waals surface area contributed by atoms with Crippen LogP contribution in [0.5, 0.6) is 17.2 Å². The molecular formula is C22H22INO4S2. The van der Waals surface area contributed by atoms with Gasteiger partial charge in [0.25, 0.3) is 5.91 Å². The lowest BCUT2D eigenvalue weighted by molar-refractivity contribution is -0.113. The van der Waals surface area contributed by atoms with E-state index in [0.29, 0.717) is 28.2 Å². The van der Waals surface area contributed by atoms with E-state index in [1.807, 2.05) is 49.4 Å². The van der Waals surface area contributed by atoms with Gasteiger partial charge in [-0.05, 0) is 84.0 Å². The van der Waals surface area contributed by atoms with Crippen molar-refractivity contribution in [3.63, 3.8) is 0 Å². The fourth-order valence-electron chi connectivity index (χ4n) is 2.87. The third-order valence-corrected chi connectivity index (χ3v) is 6.30. The minimum Gasteiger partial charge on any atom is -0.494 e. The first kappa shape index (κ1) is 22.9. The summed E-state index contributed by atoms with van der Waals surface area (Å²) >= 11 is 8.98. The van der Waals surface area contributed by atoms with E-state index in [1.165, 1.54) is 11.8 Å². The molecule has 1 aliphatic heterocycles. The molecule has 5 nitrogen and oxygen atoms in total. The molecule has 0 saturated carbocycles. The average Bonchev–Trinajstić information content (AvgIpc) is 3.00. The van der Waals surface area contributed by atoms with Gasteiger partial charge in [-0.15, -0.1) is 0 Å². The van der Waals surface area contributed by atoms with E-state index >= 15 is 0 Å². The van der Waals surface area contributed by atoms with Crippen molar-refractivity contribution >= 4 is 68.6 Å². The molecule has 1 saturated heterocycles. The Morgan fingerprint density at radius 2 is 1.90 bits per heavy atom. The van der Waals surface area contributed by atoms with Crippen molar-refractivity contribution in [2.24, 2.45) is 0 Å². The van der Waals surface area contributed by atoms with Gasteiger partial charge < -0.3 is 14.2 Å². The molecule has 0 atom stereocenters. The van der Waals surface area contributed by atoms with Crippen LogP contribution in [0.15, 0.2) is 41.3 Å². The van der Waals surface area contributed by atoms with Crippen molar-refractivity contribution < 1.29 is 19.0 Å². The highest BCUT2D eigenvalue weighted by Crippen LogP contribution is 2.39. The van der Waals surface area contributed by atoms with Gasteiger partial charge in [-0.2, -0.15) is 0 Å². The highest BCUT2D eigenvalue weighted by atomic mass is 127. The molecule has 1 aliphatic rings. The van der Waals surface area contributed by atoms with Crippen LogP contribution in [0.2, 0.25) is 0 Å². The number of methoxy groups -OCH3 is 1. The Kier molecular flexibility index (Phi) is 8.01. The predicted molar refractivity (Wildman–Crippen MR) is 135 cm³/mol. The molecule has 0 spiro atoms. The fraction of sp³-hybridized carbons (Fsp3) is 0.273. The van der Waals surface area contributed by atoms with E-state index in [2.05, 4.69) is 29.5 Å². The van der Waals surface area contributed by atoms with Gasteiger partial charge in [0.05, 0.1) is 34.5 Å². The molecule has 0 bridgehead atoms. The summed E-state index contributed by atoms with van der Waals surface area (Å²) in [5.74, 6) is 1.98. The Morgan fingerprint density at radius 3 is 2.53 bits per heavy atom. The molecule has 0 aliphatic carbocycles. The van der Waals surface area contributed by atoms with Crippen molar-refractivity contribution in [1.82, 2.24) is 0 Å². The van der Waals surface area contributed by atoms with Gasteiger partial charge in [0.1, 0.15) is 5.75 Å². The lowest BCUT2D eigenvalue weighted by atomic mass is 10.1. The molecule has 8 heteroatoms. The molecule has 1 fully saturated rings. The van der Waals surface area contributed by atoms with Crippen LogP contribution in [0.1, 0.15) is 25.8 Å². The number of carbonyl (C=O) groups is 1. The summed E-state index contributed by atoms with van der Waals surface area (Å²) in [5, 5.41) is 0. The number of benzene rings is 2. The Labute approximate surface area is 199 Å². The highest BCUT2D eigenvalue weighted by Gasteiger charge is 2.33. The molecule has 3 rings (SSSR count). The van der Waals surface area contributed by atoms with Crippen LogP contribution in [0, 0.1) is 3.57 Å². The summed E-state index contributed by atoms with van der Waals surface area (Å²) in [4.78, 5) is 15.1. The zero-order chi connectivity index (χ0) is 21.7. The summed E-state index contributed by atoms with van der Waals surface area (Å²) in [7, 11) is 1.61. The lowest BCUT2D eigenvalue weighted by Gasteiger charge is -2.15. The Balaban J connectivity index is 1.87. The van der Waals surface area contributed by atoms with Crippen LogP contribution < -0.4 is 19.1 Å². The van der Waals surface area contributed by atoms with Gasteiger partial charge in [-0.1, -0.05) is 30.9 Å². The largest absolute Gasteiger partial charge is 0.494 e. The summed E-state index contributed by atoms with van der Waals surface area (Å²) in [6.07, 6.45) is 2.75. The van der Waals surface area contributed by atoms with Crippen LogP contribution in [-0.2, 0) is 4.79 Å². The van der Waals surface area contributed by atoms with E-state index < -0.39 is 0 Å². The molecule has 30 heavy (non-hydrogen) atoms. The van der Waals surface area contributed by atoms with Crippen LogP contribution in [-0.4, -0.2) is 30.6 Å². The van der Waals surface area contributed by atoms with E-state index in [-0.39, 0.29) is 5.91 Å². The second-order valence-electron chi connectivity index (χ2n) is 6.33. The smallest absolute Gasteiger partial charge is 0.270 e. The minimum atomic E-state index is -0.144. The van der Waals surface area contributed by atoms with E-state index in [4.69, 9.17) is 26.4 Å². The van der Waals surface area contributed by atoms with Crippen molar-refractivity contribution in [1.29, 1.82) is 0 Å². The third kappa shape index (κ3) is 5.09. The fourth-order valence-corrected chi connectivity index (χ4v) is 4.95. The summed E-state index contributed by atoms with van der Waals surface area (Å²) in [6.45, 7) is 5.19. The number of amides is 1. The number of rotatable bonds is 8. The number of ether oxygens (including phenoxy) is 3.